The van der Waals surface area contributed by atoms with Gasteiger partial charge in [0.05, 0.1) is 33.5 Å². The van der Waals surface area contributed by atoms with Crippen molar-refractivity contribution < 1.29 is 14.3 Å². The third-order valence-corrected chi connectivity index (χ3v) is 5.48. The summed E-state index contributed by atoms with van der Waals surface area (Å²) < 4.78 is 13.6. The van der Waals surface area contributed by atoms with Gasteiger partial charge in [-0.05, 0) is 36.2 Å². The van der Waals surface area contributed by atoms with E-state index in [9.17, 15) is 9.59 Å². The number of ether oxygens (including phenoxy) is 2. The number of nitrogens with one attached hydrogen (secondary N) is 1. The number of carbonyl (C=O) groups is 1. The fourth-order valence-electron chi connectivity index (χ4n) is 3.60. The molecule has 0 aliphatic carbocycles. The van der Waals surface area contributed by atoms with Crippen molar-refractivity contribution in [2.24, 2.45) is 0 Å². The minimum absolute atomic E-state index is 0.149. The molecule has 0 saturated carbocycles. The zero-order valence-electron chi connectivity index (χ0n) is 18.7. The molecule has 0 radical (unpaired) electrons. The highest BCUT2D eigenvalue weighted by Crippen LogP contribution is 2.27. The number of amides is 1. The van der Waals surface area contributed by atoms with Crippen LogP contribution >= 0.6 is 0 Å². The van der Waals surface area contributed by atoms with Gasteiger partial charge in [-0.2, -0.15) is 5.10 Å². The zero-order valence-corrected chi connectivity index (χ0v) is 18.7. The van der Waals surface area contributed by atoms with E-state index >= 15 is 0 Å². The molecule has 0 fully saturated rings. The summed E-state index contributed by atoms with van der Waals surface area (Å²) in [5, 5.41) is 7.58. The molecule has 2 heterocycles. The maximum atomic E-state index is 12.9. The number of methoxy groups -OCH3 is 2. The number of aryl methyl sites for hydroxylation is 1. The van der Waals surface area contributed by atoms with Crippen LogP contribution in [-0.2, 0) is 13.1 Å². The summed E-state index contributed by atoms with van der Waals surface area (Å²) in [6.45, 7) is 3.15. The van der Waals surface area contributed by atoms with Crippen molar-refractivity contribution in [3.05, 3.63) is 82.0 Å². The number of rotatable bonds is 8. The minimum Gasteiger partial charge on any atom is -0.493 e. The van der Waals surface area contributed by atoms with E-state index in [1.54, 1.807) is 27.4 Å². The van der Waals surface area contributed by atoms with Crippen molar-refractivity contribution in [1.82, 2.24) is 24.6 Å². The Morgan fingerprint density at radius 1 is 1.09 bits per heavy atom. The summed E-state index contributed by atoms with van der Waals surface area (Å²) in [6, 6.07) is 12.9. The van der Waals surface area contributed by atoms with Crippen molar-refractivity contribution in [3.63, 3.8) is 0 Å². The topological polar surface area (TPSA) is 100 Å². The predicted octanol–water partition coefficient (Wildman–Crippen LogP) is 2.40. The molecule has 0 spiro atoms. The van der Waals surface area contributed by atoms with Gasteiger partial charge in [-0.3, -0.25) is 14.2 Å². The van der Waals surface area contributed by atoms with Gasteiger partial charge in [0.25, 0.3) is 11.5 Å². The highest BCUT2D eigenvalue weighted by molar-refractivity contribution is 5.94. The Morgan fingerprint density at radius 2 is 1.88 bits per heavy atom. The number of hydrogen-bond acceptors (Lipinski definition) is 6. The Kier molecular flexibility index (Phi) is 6.39. The maximum Gasteiger partial charge on any atom is 0.264 e. The number of hydrogen-bond donors (Lipinski definition) is 1. The van der Waals surface area contributed by atoms with Gasteiger partial charge in [0.2, 0.25) is 0 Å². The van der Waals surface area contributed by atoms with Crippen LogP contribution in [0.15, 0.2) is 59.8 Å². The van der Waals surface area contributed by atoms with Crippen molar-refractivity contribution in [1.29, 1.82) is 0 Å². The van der Waals surface area contributed by atoms with Crippen LogP contribution in [-0.4, -0.2) is 46.0 Å². The first-order chi connectivity index (χ1) is 16.0. The normalized spacial score (nSPS) is 10.9. The number of aromatic nitrogens is 4. The summed E-state index contributed by atoms with van der Waals surface area (Å²) >= 11 is 0. The largest absolute Gasteiger partial charge is 0.493 e. The quantitative estimate of drug-likeness (QED) is 0.445. The number of fused-ring (bicyclic) bond motifs is 1. The highest BCUT2D eigenvalue weighted by atomic mass is 16.5. The minimum atomic E-state index is -0.249. The van der Waals surface area contributed by atoms with Crippen molar-refractivity contribution in [2.45, 2.75) is 20.0 Å². The Labute approximate surface area is 190 Å². The third kappa shape index (κ3) is 4.57. The standard InChI is InChI=1S/C24H25N5O4/c1-16-6-4-5-7-18(16)14-28-15-26-22-19(24(28)31)13-27-29(22)11-10-25-23(30)17-8-9-20(32-2)21(12-17)33-3/h4-9,12-13,15H,10-11,14H2,1-3H3,(H,25,30). The van der Waals surface area contributed by atoms with E-state index in [1.165, 1.54) is 26.7 Å². The molecule has 0 saturated heterocycles. The maximum absolute atomic E-state index is 12.9. The second-order valence-electron chi connectivity index (χ2n) is 7.53. The molecule has 1 amide bonds. The summed E-state index contributed by atoms with van der Waals surface area (Å²) in [5.74, 6) is 0.784. The van der Waals surface area contributed by atoms with Gasteiger partial charge in [-0.1, -0.05) is 24.3 Å². The van der Waals surface area contributed by atoms with Crippen LogP contribution in [0.25, 0.3) is 11.0 Å². The van der Waals surface area contributed by atoms with E-state index in [-0.39, 0.29) is 11.5 Å². The van der Waals surface area contributed by atoms with Crippen LogP contribution in [0.1, 0.15) is 21.5 Å². The lowest BCUT2D eigenvalue weighted by molar-refractivity contribution is 0.0951. The molecule has 9 nitrogen and oxygen atoms in total. The first kappa shape index (κ1) is 22.1. The molecule has 4 rings (SSSR count). The van der Waals surface area contributed by atoms with E-state index in [0.717, 1.165) is 11.1 Å². The van der Waals surface area contributed by atoms with E-state index in [2.05, 4.69) is 15.4 Å². The van der Waals surface area contributed by atoms with Gasteiger partial charge in [0.1, 0.15) is 11.7 Å². The van der Waals surface area contributed by atoms with Crippen LogP contribution in [0.3, 0.4) is 0 Å². The first-order valence-electron chi connectivity index (χ1n) is 10.5. The van der Waals surface area contributed by atoms with E-state index in [0.29, 0.717) is 47.7 Å². The van der Waals surface area contributed by atoms with E-state index in [4.69, 9.17) is 9.47 Å². The Morgan fingerprint density at radius 3 is 2.64 bits per heavy atom. The van der Waals surface area contributed by atoms with Crippen LogP contribution in [0, 0.1) is 6.92 Å². The van der Waals surface area contributed by atoms with E-state index < -0.39 is 0 Å². The Hall–Kier alpha value is -4.14. The van der Waals surface area contributed by atoms with Gasteiger partial charge in [0, 0.05) is 12.1 Å². The molecule has 0 aliphatic heterocycles. The molecule has 0 aliphatic rings. The van der Waals surface area contributed by atoms with Crippen LogP contribution in [0.2, 0.25) is 0 Å². The Bertz CT molecular complexity index is 1360. The zero-order chi connectivity index (χ0) is 23.4. The Balaban J connectivity index is 1.44. The smallest absolute Gasteiger partial charge is 0.264 e. The fourth-order valence-corrected chi connectivity index (χ4v) is 3.60. The number of nitrogens with zero attached hydrogens (tertiary/aromatic N) is 4. The third-order valence-electron chi connectivity index (χ3n) is 5.48. The summed E-state index contributed by atoms with van der Waals surface area (Å²) in [6.07, 6.45) is 3.06. The molecular weight excluding hydrogens is 422 g/mol. The summed E-state index contributed by atoms with van der Waals surface area (Å²) in [4.78, 5) is 29.9. The molecule has 2 aromatic heterocycles. The molecule has 170 valence electrons. The molecule has 0 bridgehead atoms. The molecule has 0 atom stereocenters. The van der Waals surface area contributed by atoms with Crippen molar-refractivity contribution in [3.8, 4) is 11.5 Å². The molecule has 1 N–H and O–H groups in total. The number of carbonyl (C=O) groups excluding carboxylic acids is 1. The molecular formula is C24H25N5O4. The van der Waals surface area contributed by atoms with Gasteiger partial charge >= 0.3 is 0 Å². The molecule has 0 unspecified atom stereocenters. The average molecular weight is 447 g/mol. The molecule has 9 heteroatoms. The molecule has 4 aromatic rings. The summed E-state index contributed by atoms with van der Waals surface area (Å²) in [7, 11) is 3.06. The fraction of sp³-hybridized carbons (Fsp3) is 0.250. The summed E-state index contributed by atoms with van der Waals surface area (Å²) in [5.41, 5.74) is 2.97. The SMILES string of the molecule is COc1ccc(C(=O)NCCn2ncc3c(=O)n(Cc4ccccc4C)cnc32)cc1OC. The predicted molar refractivity (Wildman–Crippen MR) is 124 cm³/mol. The highest BCUT2D eigenvalue weighted by Gasteiger charge is 2.13. The van der Waals surface area contributed by atoms with Crippen molar-refractivity contribution >= 4 is 16.9 Å². The van der Waals surface area contributed by atoms with Gasteiger partial charge in [0.15, 0.2) is 17.1 Å². The van der Waals surface area contributed by atoms with Gasteiger partial charge < -0.3 is 14.8 Å². The lowest BCUT2D eigenvalue weighted by Gasteiger charge is -2.10. The average Bonchev–Trinajstić information content (AvgIpc) is 3.25. The van der Waals surface area contributed by atoms with Crippen molar-refractivity contribution in [2.75, 3.05) is 20.8 Å². The van der Waals surface area contributed by atoms with Crippen LogP contribution in [0.5, 0.6) is 11.5 Å². The molecule has 2 aromatic carbocycles. The van der Waals surface area contributed by atoms with Gasteiger partial charge in [-0.25, -0.2) is 9.67 Å². The number of benzene rings is 2. The van der Waals surface area contributed by atoms with Crippen LogP contribution in [0.4, 0.5) is 0 Å². The second-order valence-corrected chi connectivity index (χ2v) is 7.53. The monoisotopic (exact) mass is 447 g/mol. The molecule has 33 heavy (non-hydrogen) atoms. The lowest BCUT2D eigenvalue weighted by atomic mass is 10.1. The van der Waals surface area contributed by atoms with E-state index in [1.807, 2.05) is 31.2 Å². The first-order valence-corrected chi connectivity index (χ1v) is 10.5. The van der Waals surface area contributed by atoms with Gasteiger partial charge in [-0.15, -0.1) is 0 Å². The second kappa shape index (κ2) is 9.56. The van der Waals surface area contributed by atoms with Crippen LogP contribution < -0.4 is 20.3 Å². The lowest BCUT2D eigenvalue weighted by Crippen LogP contribution is -2.28.